The van der Waals surface area contributed by atoms with Gasteiger partial charge in [0.2, 0.25) is 5.91 Å². The van der Waals surface area contributed by atoms with Crippen LogP contribution in [0.15, 0.2) is 36.4 Å². The van der Waals surface area contributed by atoms with Gasteiger partial charge in [0.05, 0.1) is 24.4 Å². The van der Waals surface area contributed by atoms with Crippen LogP contribution >= 0.6 is 11.6 Å². The van der Waals surface area contributed by atoms with Crippen LogP contribution in [0.4, 0.5) is 11.4 Å². The third-order valence-electron chi connectivity index (χ3n) is 3.45. The van der Waals surface area contributed by atoms with Gasteiger partial charge in [0.25, 0.3) is 0 Å². The second kappa shape index (κ2) is 8.23. The van der Waals surface area contributed by atoms with Crippen LogP contribution in [-0.4, -0.2) is 19.6 Å². The minimum absolute atomic E-state index is 0.114. The molecule has 24 heavy (non-hydrogen) atoms. The maximum atomic E-state index is 12.0. The fraction of sp³-hybridized carbons (Fsp3) is 0.222. The number of amides is 1. The molecule has 6 heteroatoms. The van der Waals surface area contributed by atoms with E-state index in [4.69, 9.17) is 21.6 Å². The molecule has 0 unspecified atom stereocenters. The van der Waals surface area contributed by atoms with Crippen molar-refractivity contribution in [3.63, 3.8) is 0 Å². The van der Waals surface area contributed by atoms with Gasteiger partial charge in [0.1, 0.15) is 5.75 Å². The number of hydrogen-bond acceptors (Lipinski definition) is 4. The number of hydrogen-bond donors (Lipinski definition) is 2. The topological polar surface area (TPSA) is 74.2 Å². The number of nitrogens with zero attached hydrogens (tertiary/aromatic N) is 1. The fourth-order valence-corrected chi connectivity index (χ4v) is 2.29. The van der Waals surface area contributed by atoms with E-state index in [1.165, 1.54) is 0 Å². The number of benzene rings is 2. The molecule has 1 amide bonds. The van der Waals surface area contributed by atoms with Crippen LogP contribution in [-0.2, 0) is 4.79 Å². The van der Waals surface area contributed by atoms with Crippen molar-refractivity contribution in [3.05, 3.63) is 52.5 Å². The molecule has 0 aromatic heterocycles. The highest BCUT2D eigenvalue weighted by Crippen LogP contribution is 2.30. The Labute approximate surface area is 146 Å². The zero-order valence-electron chi connectivity index (χ0n) is 13.5. The van der Waals surface area contributed by atoms with Crippen LogP contribution in [0.5, 0.6) is 5.75 Å². The van der Waals surface area contributed by atoms with Gasteiger partial charge in [-0.3, -0.25) is 4.79 Å². The average Bonchev–Trinajstić information content (AvgIpc) is 2.58. The van der Waals surface area contributed by atoms with Crippen molar-refractivity contribution in [2.75, 3.05) is 24.3 Å². The van der Waals surface area contributed by atoms with Gasteiger partial charge in [-0.15, -0.1) is 0 Å². The van der Waals surface area contributed by atoms with Crippen LogP contribution in [0, 0.1) is 18.3 Å². The molecule has 0 radical (unpaired) electrons. The number of carbonyl (C=O) groups is 1. The summed E-state index contributed by atoms with van der Waals surface area (Å²) >= 11 is 6.07. The molecule has 0 atom stereocenters. The van der Waals surface area contributed by atoms with Gasteiger partial charge in [-0.05, 0) is 42.8 Å². The number of nitriles is 1. The normalized spacial score (nSPS) is 9.92. The first-order chi connectivity index (χ1) is 11.5. The first-order valence-corrected chi connectivity index (χ1v) is 7.79. The lowest BCUT2D eigenvalue weighted by Crippen LogP contribution is -2.16. The van der Waals surface area contributed by atoms with E-state index in [2.05, 4.69) is 10.6 Å². The van der Waals surface area contributed by atoms with E-state index in [9.17, 15) is 4.79 Å². The smallest absolute Gasteiger partial charge is 0.226 e. The van der Waals surface area contributed by atoms with Gasteiger partial charge in [-0.2, -0.15) is 5.26 Å². The second-order valence-electron chi connectivity index (χ2n) is 5.22. The van der Waals surface area contributed by atoms with Gasteiger partial charge in [-0.25, -0.2) is 0 Å². The molecular formula is C18H18ClN3O2. The Morgan fingerprint density at radius 3 is 2.62 bits per heavy atom. The molecule has 0 bridgehead atoms. The van der Waals surface area contributed by atoms with Gasteiger partial charge < -0.3 is 15.4 Å². The van der Waals surface area contributed by atoms with Gasteiger partial charge in [0.15, 0.2) is 0 Å². The van der Waals surface area contributed by atoms with Crippen LogP contribution in [0.25, 0.3) is 0 Å². The van der Waals surface area contributed by atoms with Gasteiger partial charge >= 0.3 is 0 Å². The number of halogens is 1. The SMILES string of the molecule is COc1cc(Cl)c(C)cc1NCCC(=O)Nc1ccc(C#N)cc1. The molecule has 5 nitrogen and oxygen atoms in total. The molecule has 0 saturated carbocycles. The molecule has 0 aliphatic heterocycles. The summed E-state index contributed by atoms with van der Waals surface area (Å²) in [7, 11) is 1.57. The molecule has 2 aromatic carbocycles. The number of aryl methyl sites for hydroxylation is 1. The standard InChI is InChI=1S/C18H18ClN3O2/c1-12-9-16(17(24-2)10-15(12)19)21-8-7-18(23)22-14-5-3-13(11-20)4-6-14/h3-6,9-10,21H,7-8H2,1-2H3,(H,22,23). The number of nitrogens with one attached hydrogen (secondary N) is 2. The summed E-state index contributed by atoms with van der Waals surface area (Å²) in [5.41, 5.74) is 2.95. The maximum absolute atomic E-state index is 12.0. The summed E-state index contributed by atoms with van der Waals surface area (Å²) in [6.07, 6.45) is 0.296. The Hall–Kier alpha value is -2.71. The molecule has 124 valence electrons. The highest BCUT2D eigenvalue weighted by Gasteiger charge is 2.08. The lowest BCUT2D eigenvalue weighted by Gasteiger charge is -2.13. The molecule has 0 saturated heterocycles. The fourth-order valence-electron chi connectivity index (χ4n) is 2.13. The zero-order valence-corrected chi connectivity index (χ0v) is 14.3. The van der Waals surface area contributed by atoms with Crippen molar-refractivity contribution in [2.24, 2.45) is 0 Å². The highest BCUT2D eigenvalue weighted by molar-refractivity contribution is 6.31. The summed E-state index contributed by atoms with van der Waals surface area (Å²) in [5.74, 6) is 0.523. The monoisotopic (exact) mass is 343 g/mol. The Bertz CT molecular complexity index is 767. The summed E-state index contributed by atoms with van der Waals surface area (Å²) in [4.78, 5) is 12.0. The van der Waals surface area contributed by atoms with Gasteiger partial charge in [-0.1, -0.05) is 11.6 Å². The number of ether oxygens (including phenoxy) is 1. The molecule has 0 fully saturated rings. The number of rotatable bonds is 6. The Kier molecular flexibility index (Phi) is 6.05. The largest absolute Gasteiger partial charge is 0.495 e. The molecule has 2 N–H and O–H groups in total. The molecular weight excluding hydrogens is 326 g/mol. The number of methoxy groups -OCH3 is 1. The zero-order chi connectivity index (χ0) is 17.5. The third-order valence-corrected chi connectivity index (χ3v) is 3.85. The lowest BCUT2D eigenvalue weighted by atomic mass is 10.2. The van der Waals surface area contributed by atoms with Crippen molar-refractivity contribution in [3.8, 4) is 11.8 Å². The lowest BCUT2D eigenvalue weighted by molar-refractivity contribution is -0.115. The molecule has 0 heterocycles. The third kappa shape index (κ3) is 4.64. The first-order valence-electron chi connectivity index (χ1n) is 7.41. The predicted octanol–water partition coefficient (Wildman–Crippen LogP) is 3.97. The van der Waals surface area contributed by atoms with Crippen LogP contribution in [0.1, 0.15) is 17.5 Å². The Balaban J connectivity index is 1.88. The molecule has 0 aliphatic carbocycles. The predicted molar refractivity (Wildman–Crippen MR) is 95.6 cm³/mol. The molecule has 2 rings (SSSR count). The van der Waals surface area contributed by atoms with E-state index >= 15 is 0 Å². The quantitative estimate of drug-likeness (QED) is 0.832. The molecule has 0 aliphatic rings. The van der Waals surface area contributed by atoms with Gasteiger partial charge in [0, 0.05) is 29.7 Å². The minimum Gasteiger partial charge on any atom is -0.495 e. The van der Waals surface area contributed by atoms with Crippen molar-refractivity contribution in [1.29, 1.82) is 5.26 Å². The minimum atomic E-state index is -0.114. The summed E-state index contributed by atoms with van der Waals surface area (Å²) in [6, 6.07) is 12.4. The molecule has 2 aromatic rings. The van der Waals surface area contributed by atoms with E-state index in [0.29, 0.717) is 35.0 Å². The van der Waals surface area contributed by atoms with Crippen molar-refractivity contribution < 1.29 is 9.53 Å². The maximum Gasteiger partial charge on any atom is 0.226 e. The summed E-state index contributed by atoms with van der Waals surface area (Å²) in [5, 5.41) is 15.4. The highest BCUT2D eigenvalue weighted by atomic mass is 35.5. The number of anilines is 2. The first kappa shape index (κ1) is 17.6. The van der Waals surface area contributed by atoms with Crippen LogP contribution < -0.4 is 15.4 Å². The van der Waals surface area contributed by atoms with Crippen molar-refractivity contribution in [2.45, 2.75) is 13.3 Å². The van der Waals surface area contributed by atoms with E-state index in [1.54, 1.807) is 37.4 Å². The van der Waals surface area contributed by atoms with E-state index < -0.39 is 0 Å². The van der Waals surface area contributed by atoms with Crippen LogP contribution in [0.3, 0.4) is 0 Å². The Morgan fingerprint density at radius 2 is 2.00 bits per heavy atom. The van der Waals surface area contributed by atoms with Crippen molar-refractivity contribution >= 4 is 28.9 Å². The van der Waals surface area contributed by atoms with Crippen molar-refractivity contribution in [1.82, 2.24) is 0 Å². The van der Waals surface area contributed by atoms with E-state index in [-0.39, 0.29) is 5.91 Å². The Morgan fingerprint density at radius 1 is 1.29 bits per heavy atom. The summed E-state index contributed by atoms with van der Waals surface area (Å²) < 4.78 is 5.28. The second-order valence-corrected chi connectivity index (χ2v) is 5.62. The van der Waals surface area contributed by atoms with E-state index in [1.807, 2.05) is 19.1 Å². The molecule has 0 spiro atoms. The average molecular weight is 344 g/mol. The van der Waals surface area contributed by atoms with E-state index in [0.717, 1.165) is 11.3 Å². The summed E-state index contributed by atoms with van der Waals surface area (Å²) in [6.45, 7) is 2.37. The number of carbonyl (C=O) groups excluding carboxylic acids is 1. The van der Waals surface area contributed by atoms with Crippen LogP contribution in [0.2, 0.25) is 5.02 Å².